The van der Waals surface area contributed by atoms with Crippen LogP contribution in [0.1, 0.15) is 42.7 Å². The molecule has 1 amide bonds. The van der Waals surface area contributed by atoms with Crippen LogP contribution in [0.15, 0.2) is 34.2 Å². The van der Waals surface area contributed by atoms with Gasteiger partial charge in [-0.05, 0) is 49.9 Å². The molecule has 0 saturated heterocycles. The SMILES string of the molecule is CCn1c(SCC(=O)Nc2ccc(C(C)C)cc2)nc2sc(C)c(C)c2c1=O. The van der Waals surface area contributed by atoms with E-state index in [0.717, 1.165) is 21.0 Å². The van der Waals surface area contributed by atoms with Gasteiger partial charge in [0.2, 0.25) is 5.91 Å². The zero-order valence-electron chi connectivity index (χ0n) is 16.8. The average Bonchev–Trinajstić information content (AvgIpc) is 2.94. The number of aromatic nitrogens is 2. The summed E-state index contributed by atoms with van der Waals surface area (Å²) >= 11 is 2.83. The summed E-state index contributed by atoms with van der Waals surface area (Å²) in [4.78, 5) is 31.7. The van der Waals surface area contributed by atoms with E-state index >= 15 is 0 Å². The molecule has 0 aliphatic rings. The number of amides is 1. The van der Waals surface area contributed by atoms with Crippen molar-refractivity contribution in [3.05, 3.63) is 50.6 Å². The van der Waals surface area contributed by atoms with Crippen molar-refractivity contribution in [1.29, 1.82) is 0 Å². The minimum absolute atomic E-state index is 0.0264. The standard InChI is InChI=1S/C21H25N3O2S2/c1-6-24-20(26)18-13(4)14(5)28-19(18)23-21(24)27-11-17(25)22-16-9-7-15(8-10-16)12(2)3/h7-10,12H,6,11H2,1-5H3,(H,22,25). The summed E-state index contributed by atoms with van der Waals surface area (Å²) < 4.78 is 1.65. The van der Waals surface area contributed by atoms with Gasteiger partial charge in [-0.2, -0.15) is 0 Å². The fourth-order valence-corrected chi connectivity index (χ4v) is 4.91. The van der Waals surface area contributed by atoms with E-state index in [-0.39, 0.29) is 17.2 Å². The van der Waals surface area contributed by atoms with Gasteiger partial charge in [0.15, 0.2) is 5.16 Å². The van der Waals surface area contributed by atoms with Crippen LogP contribution in [0.25, 0.3) is 10.2 Å². The van der Waals surface area contributed by atoms with Gasteiger partial charge < -0.3 is 5.32 Å². The molecule has 28 heavy (non-hydrogen) atoms. The van der Waals surface area contributed by atoms with E-state index in [9.17, 15) is 9.59 Å². The molecule has 2 aromatic heterocycles. The Kier molecular flexibility index (Phi) is 6.25. The second kappa shape index (κ2) is 8.49. The number of nitrogens with zero attached hydrogens (tertiary/aromatic N) is 2. The number of thiophene rings is 1. The molecule has 0 fully saturated rings. The molecule has 0 spiro atoms. The molecule has 0 bridgehead atoms. The van der Waals surface area contributed by atoms with Crippen molar-refractivity contribution in [2.24, 2.45) is 0 Å². The van der Waals surface area contributed by atoms with Crippen LogP contribution in [0.2, 0.25) is 0 Å². The Balaban J connectivity index is 1.75. The second-order valence-corrected chi connectivity index (χ2v) is 9.17. The van der Waals surface area contributed by atoms with Crippen LogP contribution in [-0.2, 0) is 11.3 Å². The number of carbonyl (C=O) groups excluding carboxylic acids is 1. The number of thioether (sulfide) groups is 1. The summed E-state index contributed by atoms with van der Waals surface area (Å²) in [6, 6.07) is 7.89. The van der Waals surface area contributed by atoms with E-state index in [1.54, 1.807) is 4.57 Å². The third kappa shape index (κ3) is 4.15. The van der Waals surface area contributed by atoms with E-state index in [4.69, 9.17) is 0 Å². The molecule has 3 aromatic rings. The zero-order chi connectivity index (χ0) is 20.4. The maximum Gasteiger partial charge on any atom is 0.263 e. The molecule has 1 aromatic carbocycles. The van der Waals surface area contributed by atoms with E-state index in [2.05, 4.69) is 24.1 Å². The van der Waals surface area contributed by atoms with Crippen LogP contribution >= 0.6 is 23.1 Å². The van der Waals surface area contributed by atoms with Crippen LogP contribution < -0.4 is 10.9 Å². The fraction of sp³-hybridized carbons (Fsp3) is 0.381. The lowest BCUT2D eigenvalue weighted by Gasteiger charge is -2.11. The fourth-order valence-electron chi connectivity index (χ4n) is 2.98. The van der Waals surface area contributed by atoms with Crippen LogP contribution in [0, 0.1) is 13.8 Å². The predicted octanol–water partition coefficient (Wildman–Crippen LogP) is 4.95. The predicted molar refractivity (Wildman–Crippen MR) is 119 cm³/mol. The van der Waals surface area contributed by atoms with Gasteiger partial charge in [-0.3, -0.25) is 14.2 Å². The minimum atomic E-state index is -0.113. The lowest BCUT2D eigenvalue weighted by molar-refractivity contribution is -0.113. The molecule has 1 N–H and O–H groups in total. The van der Waals surface area contributed by atoms with E-state index in [0.29, 0.717) is 23.0 Å². The summed E-state index contributed by atoms with van der Waals surface area (Å²) in [5.41, 5.74) is 2.98. The Morgan fingerprint density at radius 2 is 1.93 bits per heavy atom. The molecular weight excluding hydrogens is 390 g/mol. The van der Waals surface area contributed by atoms with Gasteiger partial charge in [0.25, 0.3) is 5.56 Å². The monoisotopic (exact) mass is 415 g/mol. The number of nitrogens with one attached hydrogen (secondary N) is 1. The highest BCUT2D eigenvalue weighted by atomic mass is 32.2. The summed E-state index contributed by atoms with van der Waals surface area (Å²) in [7, 11) is 0. The smallest absolute Gasteiger partial charge is 0.263 e. The molecule has 5 nitrogen and oxygen atoms in total. The average molecular weight is 416 g/mol. The number of hydrogen-bond acceptors (Lipinski definition) is 5. The number of anilines is 1. The van der Waals surface area contributed by atoms with Crippen molar-refractivity contribution in [2.45, 2.75) is 52.2 Å². The Morgan fingerprint density at radius 1 is 1.25 bits per heavy atom. The highest BCUT2D eigenvalue weighted by Crippen LogP contribution is 2.28. The van der Waals surface area contributed by atoms with Crippen LogP contribution in [0.3, 0.4) is 0 Å². The minimum Gasteiger partial charge on any atom is -0.325 e. The van der Waals surface area contributed by atoms with Crippen molar-refractivity contribution in [3.63, 3.8) is 0 Å². The van der Waals surface area contributed by atoms with Gasteiger partial charge in [-0.15, -0.1) is 11.3 Å². The number of rotatable bonds is 6. The highest BCUT2D eigenvalue weighted by molar-refractivity contribution is 7.99. The number of hydrogen-bond donors (Lipinski definition) is 1. The van der Waals surface area contributed by atoms with Crippen molar-refractivity contribution >= 4 is 44.9 Å². The van der Waals surface area contributed by atoms with Crippen molar-refractivity contribution in [2.75, 3.05) is 11.1 Å². The van der Waals surface area contributed by atoms with Crippen LogP contribution in [0.5, 0.6) is 0 Å². The normalized spacial score (nSPS) is 11.4. The largest absolute Gasteiger partial charge is 0.325 e. The molecule has 2 heterocycles. The summed E-state index contributed by atoms with van der Waals surface area (Å²) in [6.07, 6.45) is 0. The molecule has 0 unspecified atom stereocenters. The number of fused-ring (bicyclic) bond motifs is 1. The topological polar surface area (TPSA) is 64.0 Å². The molecule has 0 aliphatic carbocycles. The first-order valence-electron chi connectivity index (χ1n) is 9.35. The van der Waals surface area contributed by atoms with E-state index in [1.807, 2.05) is 45.0 Å². The third-order valence-electron chi connectivity index (χ3n) is 4.76. The Bertz CT molecular complexity index is 1070. The van der Waals surface area contributed by atoms with Gasteiger partial charge >= 0.3 is 0 Å². The molecule has 0 radical (unpaired) electrons. The first kappa shape index (κ1) is 20.6. The first-order chi connectivity index (χ1) is 13.3. The molecule has 0 atom stereocenters. The van der Waals surface area contributed by atoms with Crippen molar-refractivity contribution in [3.8, 4) is 0 Å². The second-order valence-electron chi connectivity index (χ2n) is 7.02. The third-order valence-corrected chi connectivity index (χ3v) is 6.84. The maximum atomic E-state index is 12.9. The van der Waals surface area contributed by atoms with Gasteiger partial charge in [0, 0.05) is 17.1 Å². The molecular formula is C21H25N3O2S2. The van der Waals surface area contributed by atoms with Gasteiger partial charge in [0.05, 0.1) is 11.1 Å². The van der Waals surface area contributed by atoms with Crippen LogP contribution in [-0.4, -0.2) is 21.2 Å². The van der Waals surface area contributed by atoms with Gasteiger partial charge in [-0.1, -0.05) is 37.7 Å². The van der Waals surface area contributed by atoms with E-state index in [1.165, 1.54) is 28.7 Å². The molecule has 148 valence electrons. The Morgan fingerprint density at radius 3 is 2.54 bits per heavy atom. The Hall–Kier alpha value is -2.12. The van der Waals surface area contributed by atoms with Crippen molar-refractivity contribution in [1.82, 2.24) is 9.55 Å². The number of benzene rings is 1. The first-order valence-corrected chi connectivity index (χ1v) is 11.1. The van der Waals surface area contributed by atoms with Crippen molar-refractivity contribution < 1.29 is 4.79 Å². The summed E-state index contributed by atoms with van der Waals surface area (Å²) in [5, 5.41) is 4.20. The molecule has 3 rings (SSSR count). The summed E-state index contributed by atoms with van der Waals surface area (Å²) in [6.45, 7) is 10.7. The summed E-state index contributed by atoms with van der Waals surface area (Å²) in [5.74, 6) is 0.544. The zero-order valence-corrected chi connectivity index (χ0v) is 18.5. The Labute approximate surface area is 173 Å². The maximum absolute atomic E-state index is 12.9. The lowest BCUT2D eigenvalue weighted by atomic mass is 10.0. The highest BCUT2D eigenvalue weighted by Gasteiger charge is 2.17. The number of carbonyl (C=O) groups is 1. The molecule has 0 saturated carbocycles. The lowest BCUT2D eigenvalue weighted by Crippen LogP contribution is -2.23. The van der Waals surface area contributed by atoms with Gasteiger partial charge in [-0.25, -0.2) is 4.98 Å². The molecule has 0 aliphatic heterocycles. The molecule has 7 heteroatoms. The quantitative estimate of drug-likeness (QED) is 0.457. The number of aryl methyl sites for hydroxylation is 2. The van der Waals surface area contributed by atoms with E-state index < -0.39 is 0 Å². The van der Waals surface area contributed by atoms with Gasteiger partial charge in [0.1, 0.15) is 4.83 Å². The van der Waals surface area contributed by atoms with Crippen LogP contribution in [0.4, 0.5) is 5.69 Å².